The van der Waals surface area contributed by atoms with Crippen LogP contribution < -0.4 is 10.6 Å². The minimum atomic E-state index is -4.61. The first-order valence-corrected chi connectivity index (χ1v) is 10.2. The number of benzene rings is 2. The third-order valence-corrected chi connectivity index (χ3v) is 6.06. The molecule has 0 radical (unpaired) electrons. The molecule has 0 bridgehead atoms. The van der Waals surface area contributed by atoms with Gasteiger partial charge in [-0.25, -0.2) is 8.78 Å². The minimum Gasteiger partial charge on any atom is -0.343 e. The van der Waals surface area contributed by atoms with Crippen molar-refractivity contribution in [3.8, 4) is 0 Å². The Hall–Kier alpha value is -2.10. The quantitative estimate of drug-likeness (QED) is 0.361. The summed E-state index contributed by atoms with van der Waals surface area (Å²) in [7, 11) is 0. The molecule has 0 aliphatic heterocycles. The van der Waals surface area contributed by atoms with E-state index in [1.165, 1.54) is 36.4 Å². The Morgan fingerprint density at radius 1 is 1.09 bits per heavy atom. The van der Waals surface area contributed by atoms with Gasteiger partial charge >= 0.3 is 6.18 Å². The highest BCUT2D eigenvalue weighted by Crippen LogP contribution is 2.65. The first-order chi connectivity index (χ1) is 14.8. The number of hydrogen-bond donors (Lipinski definition) is 2. The van der Waals surface area contributed by atoms with Gasteiger partial charge in [-0.2, -0.15) is 13.2 Å². The van der Waals surface area contributed by atoms with Crippen LogP contribution in [0.4, 0.5) is 27.6 Å². The Bertz CT molecular complexity index is 1050. The van der Waals surface area contributed by atoms with Crippen molar-refractivity contribution in [3.63, 3.8) is 0 Å². The molecule has 2 aromatic rings. The van der Waals surface area contributed by atoms with E-state index in [9.17, 15) is 31.5 Å². The molecule has 0 aromatic heterocycles. The molecule has 1 aliphatic carbocycles. The summed E-state index contributed by atoms with van der Waals surface area (Å²) in [6, 6.07) is 9.03. The normalized spacial score (nSPS) is 19.5. The molecule has 0 saturated heterocycles. The van der Waals surface area contributed by atoms with Gasteiger partial charge in [0.15, 0.2) is 0 Å². The van der Waals surface area contributed by atoms with Gasteiger partial charge in [0.1, 0.15) is 10.9 Å². The van der Waals surface area contributed by atoms with E-state index in [2.05, 4.69) is 5.32 Å². The van der Waals surface area contributed by atoms with Crippen molar-refractivity contribution in [1.82, 2.24) is 5.32 Å². The minimum absolute atomic E-state index is 0.0627. The maximum absolute atomic E-state index is 13.0. The monoisotopic (exact) mass is 514 g/mol. The summed E-state index contributed by atoms with van der Waals surface area (Å²) in [5.41, 5.74) is -0.109. The Morgan fingerprint density at radius 2 is 1.78 bits per heavy atom. The average Bonchev–Trinajstić information content (AvgIpc) is 3.29. The van der Waals surface area contributed by atoms with Crippen LogP contribution >= 0.6 is 34.8 Å². The second-order valence-electron chi connectivity index (χ2n) is 7.08. The van der Waals surface area contributed by atoms with Crippen LogP contribution in [0.15, 0.2) is 42.5 Å². The first-order valence-electron chi connectivity index (χ1n) is 9.02. The zero-order valence-electron chi connectivity index (χ0n) is 15.8. The molecule has 12 heteroatoms. The van der Waals surface area contributed by atoms with Crippen molar-refractivity contribution < 1.29 is 31.5 Å². The number of carbonyl (C=O) groups is 2. The number of halogens is 8. The summed E-state index contributed by atoms with van der Waals surface area (Å²) in [4.78, 5) is 24.7. The lowest BCUT2D eigenvalue weighted by Gasteiger charge is -2.11. The maximum Gasteiger partial charge on any atom is 0.405 e. The molecule has 1 saturated carbocycles. The third kappa shape index (κ3) is 5.44. The second-order valence-corrected chi connectivity index (χ2v) is 8.93. The molecule has 2 atom stereocenters. The van der Waals surface area contributed by atoms with E-state index in [0.717, 1.165) is 6.07 Å². The number of hydrogen-bond acceptors (Lipinski definition) is 2. The SMILES string of the molecule is O=C(NCC(F)(F)F)c1cc(NC(=O)[C@H]2[C@H](c3cccc(C(F)F)c3)C2(Cl)Cl)ccc1Cl. The molecule has 1 aliphatic rings. The van der Waals surface area contributed by atoms with Crippen molar-refractivity contribution in [2.45, 2.75) is 22.9 Å². The molecule has 0 heterocycles. The van der Waals surface area contributed by atoms with Crippen LogP contribution in [0.1, 0.15) is 33.8 Å². The van der Waals surface area contributed by atoms with Crippen LogP contribution in [0.25, 0.3) is 0 Å². The third-order valence-electron chi connectivity index (χ3n) is 4.79. The van der Waals surface area contributed by atoms with Gasteiger partial charge in [-0.1, -0.05) is 29.8 Å². The van der Waals surface area contributed by atoms with Crippen LogP contribution in [0.3, 0.4) is 0 Å². The number of alkyl halides is 7. The Kier molecular flexibility index (Phi) is 6.93. The lowest BCUT2D eigenvalue weighted by atomic mass is 10.1. The molecule has 4 nitrogen and oxygen atoms in total. The molecule has 2 amide bonds. The molecule has 32 heavy (non-hydrogen) atoms. The molecule has 3 rings (SSSR count). The summed E-state index contributed by atoms with van der Waals surface area (Å²) in [6.45, 7) is -1.55. The van der Waals surface area contributed by atoms with Crippen molar-refractivity contribution in [3.05, 3.63) is 64.2 Å². The predicted octanol–water partition coefficient (Wildman–Crippen LogP) is 6.10. The highest BCUT2D eigenvalue weighted by Gasteiger charge is 2.67. The summed E-state index contributed by atoms with van der Waals surface area (Å²) in [5, 5.41) is 4.04. The van der Waals surface area contributed by atoms with E-state index in [0.29, 0.717) is 5.56 Å². The molecule has 2 N–H and O–H groups in total. The number of carbonyl (C=O) groups excluding carboxylic acids is 2. The van der Waals surface area contributed by atoms with Gasteiger partial charge in [-0.05, 0) is 29.8 Å². The fraction of sp³-hybridized carbons (Fsp3) is 0.300. The number of rotatable bonds is 6. The summed E-state index contributed by atoms with van der Waals surface area (Å²) >= 11 is 18.3. The Labute approximate surface area is 194 Å². The smallest absolute Gasteiger partial charge is 0.343 e. The van der Waals surface area contributed by atoms with E-state index in [1.54, 1.807) is 5.32 Å². The van der Waals surface area contributed by atoms with Crippen LogP contribution in [0, 0.1) is 5.92 Å². The van der Waals surface area contributed by atoms with Crippen LogP contribution in [-0.2, 0) is 4.79 Å². The molecule has 0 spiro atoms. The second kappa shape index (κ2) is 9.03. The number of anilines is 1. The summed E-state index contributed by atoms with van der Waals surface area (Å²) < 4.78 is 61.4. The van der Waals surface area contributed by atoms with Crippen molar-refractivity contribution in [1.29, 1.82) is 0 Å². The Morgan fingerprint density at radius 3 is 2.41 bits per heavy atom. The van der Waals surface area contributed by atoms with E-state index in [4.69, 9.17) is 34.8 Å². The highest BCUT2D eigenvalue weighted by molar-refractivity contribution is 6.53. The Balaban J connectivity index is 1.75. The van der Waals surface area contributed by atoms with Crippen molar-refractivity contribution in [2.24, 2.45) is 5.92 Å². The average molecular weight is 516 g/mol. The van der Waals surface area contributed by atoms with E-state index >= 15 is 0 Å². The molecule has 172 valence electrons. The van der Waals surface area contributed by atoms with E-state index in [-0.39, 0.29) is 21.8 Å². The van der Waals surface area contributed by atoms with Gasteiger partial charge in [0.25, 0.3) is 12.3 Å². The van der Waals surface area contributed by atoms with Crippen molar-refractivity contribution in [2.75, 3.05) is 11.9 Å². The van der Waals surface area contributed by atoms with Gasteiger partial charge in [0.05, 0.1) is 16.5 Å². The first kappa shape index (κ1) is 24.5. The van der Waals surface area contributed by atoms with Gasteiger partial charge in [0.2, 0.25) is 5.91 Å². The van der Waals surface area contributed by atoms with E-state index < -0.39 is 47.1 Å². The summed E-state index contributed by atoms with van der Waals surface area (Å²) in [6.07, 6.45) is -7.32. The van der Waals surface area contributed by atoms with Crippen LogP contribution in [-0.4, -0.2) is 28.9 Å². The van der Waals surface area contributed by atoms with Crippen LogP contribution in [0.2, 0.25) is 5.02 Å². The molecule has 1 fully saturated rings. The lowest BCUT2D eigenvalue weighted by molar-refractivity contribution is -0.123. The fourth-order valence-electron chi connectivity index (χ4n) is 3.23. The molecular weight excluding hydrogens is 502 g/mol. The highest BCUT2D eigenvalue weighted by atomic mass is 35.5. The van der Waals surface area contributed by atoms with Crippen LogP contribution in [0.5, 0.6) is 0 Å². The summed E-state index contributed by atoms with van der Waals surface area (Å²) in [5.74, 6) is -3.49. The largest absolute Gasteiger partial charge is 0.405 e. The number of nitrogens with one attached hydrogen (secondary N) is 2. The standard InChI is InChI=1S/C20H14Cl3F5N2O2/c21-13-5-4-11(7-12(13)17(31)29-8-19(26,27)28)30-18(32)15-14(20(15,22)23)9-2-1-3-10(6-9)16(24)25/h1-7,14-16H,8H2,(H,29,31)(H,30,32)/t14-,15+/m0/s1. The zero-order valence-corrected chi connectivity index (χ0v) is 18.1. The number of amides is 2. The maximum atomic E-state index is 13.0. The van der Waals surface area contributed by atoms with Gasteiger partial charge in [-0.15, -0.1) is 23.2 Å². The van der Waals surface area contributed by atoms with Gasteiger partial charge in [0, 0.05) is 17.2 Å². The van der Waals surface area contributed by atoms with Gasteiger partial charge < -0.3 is 10.6 Å². The molecular formula is C20H14Cl3F5N2O2. The fourth-order valence-corrected chi connectivity index (χ4v) is 4.26. The lowest BCUT2D eigenvalue weighted by Crippen LogP contribution is -2.33. The topological polar surface area (TPSA) is 58.2 Å². The van der Waals surface area contributed by atoms with E-state index in [1.807, 2.05) is 0 Å². The molecule has 0 unspecified atom stereocenters. The zero-order chi connectivity index (χ0) is 23.8. The van der Waals surface area contributed by atoms with Gasteiger partial charge in [-0.3, -0.25) is 9.59 Å². The van der Waals surface area contributed by atoms with Crippen molar-refractivity contribution >= 4 is 52.3 Å². The molecule has 2 aromatic carbocycles. The predicted molar refractivity (Wildman–Crippen MR) is 111 cm³/mol.